The van der Waals surface area contributed by atoms with Crippen molar-refractivity contribution in [1.82, 2.24) is 0 Å². The van der Waals surface area contributed by atoms with Crippen LogP contribution in [0.2, 0.25) is 0 Å². The van der Waals surface area contributed by atoms with E-state index in [1.54, 1.807) is 12.1 Å². The van der Waals surface area contributed by atoms with Crippen molar-refractivity contribution in [2.45, 2.75) is 19.5 Å². The van der Waals surface area contributed by atoms with E-state index in [-0.39, 0.29) is 18.7 Å². The zero-order valence-electron chi connectivity index (χ0n) is 12.5. The molecule has 2 aromatic carbocycles. The summed E-state index contributed by atoms with van der Waals surface area (Å²) in [5.41, 5.74) is 0.408. The number of hydrogen-bond acceptors (Lipinski definition) is 2. The number of alkyl halides is 3. The number of nitrogens with one attached hydrogen (secondary N) is 1. The molecule has 0 heterocycles. The molecule has 0 unspecified atom stereocenters. The second-order valence-electron chi connectivity index (χ2n) is 5.04. The van der Waals surface area contributed by atoms with Gasteiger partial charge >= 0.3 is 6.18 Å². The van der Waals surface area contributed by atoms with Crippen molar-refractivity contribution in [2.24, 2.45) is 0 Å². The Morgan fingerprint density at radius 2 is 1.83 bits per heavy atom. The first-order valence-electron chi connectivity index (χ1n) is 7.01. The minimum Gasteiger partial charge on any atom is -0.493 e. The summed E-state index contributed by atoms with van der Waals surface area (Å²) in [4.78, 5) is 11.7. The van der Waals surface area contributed by atoms with E-state index < -0.39 is 17.6 Å². The zero-order chi connectivity index (χ0) is 16.9. The largest absolute Gasteiger partial charge is 0.493 e. The molecule has 6 heteroatoms. The number of aryl methyl sites for hydroxylation is 1. The van der Waals surface area contributed by atoms with E-state index in [9.17, 15) is 18.0 Å². The fraction of sp³-hybridized carbons (Fsp3) is 0.235. The smallest absolute Gasteiger partial charge is 0.416 e. The summed E-state index contributed by atoms with van der Waals surface area (Å²) in [6, 6.07) is 11.9. The summed E-state index contributed by atoms with van der Waals surface area (Å²) in [5, 5.41) is 2.43. The molecule has 0 saturated heterocycles. The molecule has 0 aliphatic carbocycles. The average Bonchev–Trinajstić information content (AvgIpc) is 2.49. The van der Waals surface area contributed by atoms with Crippen molar-refractivity contribution in [3.05, 3.63) is 59.7 Å². The molecule has 0 fully saturated rings. The number of ether oxygens (including phenoxy) is 1. The molecule has 0 aromatic heterocycles. The fourth-order valence-electron chi connectivity index (χ4n) is 1.89. The third kappa shape index (κ3) is 5.32. The molecule has 3 nitrogen and oxygen atoms in total. The number of benzene rings is 2. The first kappa shape index (κ1) is 16.9. The van der Waals surface area contributed by atoms with Gasteiger partial charge in [-0.1, -0.05) is 23.8 Å². The molecule has 0 atom stereocenters. The number of hydrogen-bond donors (Lipinski definition) is 1. The quantitative estimate of drug-likeness (QED) is 0.884. The van der Waals surface area contributed by atoms with Crippen LogP contribution in [0.25, 0.3) is 0 Å². The molecule has 2 aromatic rings. The van der Waals surface area contributed by atoms with E-state index in [1.165, 1.54) is 12.1 Å². The van der Waals surface area contributed by atoms with Gasteiger partial charge in [-0.25, -0.2) is 0 Å². The van der Waals surface area contributed by atoms with Crippen molar-refractivity contribution in [3.63, 3.8) is 0 Å². The van der Waals surface area contributed by atoms with Gasteiger partial charge in [0.05, 0.1) is 18.6 Å². The molecule has 0 aliphatic rings. The maximum Gasteiger partial charge on any atom is 0.416 e. The summed E-state index contributed by atoms with van der Waals surface area (Å²) in [5.74, 6) is 0.235. The SMILES string of the molecule is Cc1ccc(OCCC(=O)Nc2cccc(C(F)(F)F)c2)cc1. The second kappa shape index (κ2) is 7.17. The highest BCUT2D eigenvalue weighted by Crippen LogP contribution is 2.30. The lowest BCUT2D eigenvalue weighted by molar-refractivity contribution is -0.137. The molecule has 0 saturated carbocycles. The fourth-order valence-corrected chi connectivity index (χ4v) is 1.89. The van der Waals surface area contributed by atoms with Crippen LogP contribution in [0.4, 0.5) is 18.9 Å². The van der Waals surface area contributed by atoms with E-state index in [4.69, 9.17) is 4.74 Å². The van der Waals surface area contributed by atoms with E-state index in [0.717, 1.165) is 17.7 Å². The van der Waals surface area contributed by atoms with E-state index >= 15 is 0 Å². The van der Waals surface area contributed by atoms with Gasteiger partial charge in [-0.15, -0.1) is 0 Å². The predicted molar refractivity (Wildman–Crippen MR) is 81.4 cm³/mol. The highest BCUT2D eigenvalue weighted by molar-refractivity contribution is 5.90. The van der Waals surface area contributed by atoms with Crippen LogP contribution < -0.4 is 10.1 Å². The van der Waals surface area contributed by atoms with Gasteiger partial charge in [0.1, 0.15) is 5.75 Å². The Hall–Kier alpha value is -2.50. The summed E-state index contributed by atoms with van der Waals surface area (Å²) < 4.78 is 43.2. The third-order valence-electron chi connectivity index (χ3n) is 3.09. The van der Waals surface area contributed by atoms with Crippen LogP contribution in [0.1, 0.15) is 17.5 Å². The van der Waals surface area contributed by atoms with Crippen molar-refractivity contribution < 1.29 is 22.7 Å². The van der Waals surface area contributed by atoms with Crippen molar-refractivity contribution in [3.8, 4) is 5.75 Å². The molecule has 0 spiro atoms. The summed E-state index contributed by atoms with van der Waals surface area (Å²) in [6.45, 7) is 2.10. The van der Waals surface area contributed by atoms with Crippen LogP contribution >= 0.6 is 0 Å². The maximum absolute atomic E-state index is 12.6. The zero-order valence-corrected chi connectivity index (χ0v) is 12.5. The van der Waals surface area contributed by atoms with Gasteiger partial charge in [-0.05, 0) is 37.3 Å². The number of halogens is 3. The van der Waals surface area contributed by atoms with Crippen molar-refractivity contribution in [1.29, 1.82) is 0 Å². The molecule has 2 rings (SSSR count). The van der Waals surface area contributed by atoms with E-state index in [2.05, 4.69) is 5.32 Å². The van der Waals surface area contributed by atoms with Crippen LogP contribution in [0.15, 0.2) is 48.5 Å². The molecule has 122 valence electrons. The minimum atomic E-state index is -4.44. The van der Waals surface area contributed by atoms with Gasteiger partial charge in [-0.3, -0.25) is 4.79 Å². The Balaban J connectivity index is 1.84. The van der Waals surface area contributed by atoms with Crippen LogP contribution in [0.5, 0.6) is 5.75 Å². The summed E-state index contributed by atoms with van der Waals surface area (Å²) >= 11 is 0. The number of carbonyl (C=O) groups is 1. The molecule has 1 amide bonds. The molecular weight excluding hydrogens is 307 g/mol. The average molecular weight is 323 g/mol. The first-order valence-corrected chi connectivity index (χ1v) is 7.01. The Morgan fingerprint density at radius 3 is 2.48 bits per heavy atom. The van der Waals surface area contributed by atoms with Gasteiger partial charge in [-0.2, -0.15) is 13.2 Å². The lowest BCUT2D eigenvalue weighted by Gasteiger charge is -2.10. The standard InChI is InChI=1S/C17H16F3NO2/c1-12-5-7-15(8-6-12)23-10-9-16(22)21-14-4-2-3-13(11-14)17(18,19)20/h2-8,11H,9-10H2,1H3,(H,21,22). The third-order valence-corrected chi connectivity index (χ3v) is 3.09. The van der Waals surface area contributed by atoms with Crippen LogP contribution in [-0.2, 0) is 11.0 Å². The Bertz CT molecular complexity index is 666. The van der Waals surface area contributed by atoms with Gasteiger partial charge in [0.25, 0.3) is 0 Å². The molecule has 23 heavy (non-hydrogen) atoms. The maximum atomic E-state index is 12.6. The van der Waals surface area contributed by atoms with Crippen LogP contribution in [0, 0.1) is 6.92 Å². The van der Waals surface area contributed by atoms with Crippen LogP contribution in [0.3, 0.4) is 0 Å². The number of amides is 1. The van der Waals surface area contributed by atoms with E-state index in [1.807, 2.05) is 19.1 Å². The summed E-state index contributed by atoms with van der Waals surface area (Å²) in [7, 11) is 0. The molecule has 0 bridgehead atoms. The lowest BCUT2D eigenvalue weighted by Crippen LogP contribution is -2.16. The summed E-state index contributed by atoms with van der Waals surface area (Å²) in [6.07, 6.45) is -4.39. The molecule has 0 radical (unpaired) electrons. The Labute approximate surface area is 132 Å². The van der Waals surface area contributed by atoms with Gasteiger partial charge in [0, 0.05) is 5.69 Å². The molecule has 0 aliphatic heterocycles. The highest BCUT2D eigenvalue weighted by Gasteiger charge is 2.30. The number of anilines is 1. The van der Waals surface area contributed by atoms with Crippen molar-refractivity contribution in [2.75, 3.05) is 11.9 Å². The molecule has 1 N–H and O–H groups in total. The van der Waals surface area contributed by atoms with Crippen LogP contribution in [-0.4, -0.2) is 12.5 Å². The Morgan fingerprint density at radius 1 is 1.13 bits per heavy atom. The second-order valence-corrected chi connectivity index (χ2v) is 5.04. The molecular formula is C17H16F3NO2. The minimum absolute atomic E-state index is 0.0458. The topological polar surface area (TPSA) is 38.3 Å². The predicted octanol–water partition coefficient (Wildman–Crippen LogP) is 4.42. The Kier molecular flexibility index (Phi) is 5.26. The lowest BCUT2D eigenvalue weighted by atomic mass is 10.2. The number of carbonyl (C=O) groups excluding carboxylic acids is 1. The van der Waals surface area contributed by atoms with E-state index in [0.29, 0.717) is 5.75 Å². The number of rotatable bonds is 5. The van der Waals surface area contributed by atoms with Crippen molar-refractivity contribution >= 4 is 11.6 Å². The first-order chi connectivity index (χ1) is 10.8. The monoisotopic (exact) mass is 323 g/mol. The normalized spacial score (nSPS) is 11.1. The van der Waals surface area contributed by atoms with Gasteiger partial charge in [0.2, 0.25) is 5.91 Å². The van der Waals surface area contributed by atoms with Gasteiger partial charge < -0.3 is 10.1 Å². The van der Waals surface area contributed by atoms with Gasteiger partial charge in [0.15, 0.2) is 0 Å². The highest BCUT2D eigenvalue weighted by atomic mass is 19.4.